The molecule has 1 saturated heterocycles. The van der Waals surface area contributed by atoms with E-state index in [2.05, 4.69) is 5.32 Å². The molecule has 1 fully saturated rings. The zero-order valence-electron chi connectivity index (χ0n) is 19.7. The third-order valence-electron chi connectivity index (χ3n) is 6.51. The fraction of sp³-hybridized carbons (Fsp3) is 0.522. The van der Waals surface area contributed by atoms with Gasteiger partial charge in [0.25, 0.3) is 5.69 Å². The number of carbonyl (C=O) groups excluding carboxylic acids is 1. The second-order valence-corrected chi connectivity index (χ2v) is 10.4. The van der Waals surface area contributed by atoms with Crippen molar-refractivity contribution in [3.05, 3.63) is 62.2 Å². The molecule has 0 amide bonds. The van der Waals surface area contributed by atoms with Gasteiger partial charge in [0.05, 0.1) is 41.5 Å². The van der Waals surface area contributed by atoms with Crippen LogP contribution in [0.4, 0.5) is 5.69 Å². The van der Waals surface area contributed by atoms with Gasteiger partial charge in [-0.25, -0.2) is 4.79 Å². The van der Waals surface area contributed by atoms with Crippen LogP contribution >= 0.6 is 7.60 Å². The summed E-state index contributed by atoms with van der Waals surface area (Å²) in [6.07, 6.45) is 1.61. The van der Waals surface area contributed by atoms with Crippen LogP contribution in [-0.2, 0) is 23.1 Å². The van der Waals surface area contributed by atoms with Crippen molar-refractivity contribution in [1.82, 2.24) is 5.32 Å². The molecule has 1 aromatic rings. The zero-order valence-corrected chi connectivity index (χ0v) is 20.6. The predicted molar refractivity (Wildman–Crippen MR) is 124 cm³/mol. The first-order valence-electron chi connectivity index (χ1n) is 11.1. The van der Waals surface area contributed by atoms with Gasteiger partial charge in [0.2, 0.25) is 0 Å². The summed E-state index contributed by atoms with van der Waals surface area (Å²) in [5.41, 5.74) is 1.34. The number of benzene rings is 1. The molecule has 2 heterocycles. The largest absolute Gasteiger partial charge is 0.463 e. The Labute approximate surface area is 193 Å². The molecule has 0 aromatic heterocycles. The Bertz CT molecular complexity index is 1040. The fourth-order valence-electron chi connectivity index (χ4n) is 4.29. The molecule has 10 heteroatoms. The first-order chi connectivity index (χ1) is 15.6. The maximum Gasteiger partial charge on any atom is 0.360 e. The van der Waals surface area contributed by atoms with Crippen LogP contribution in [0.1, 0.15) is 58.9 Å². The standard InChI is InChI=1S/C23H31N2O7P/c1-6-23(7-2)13-31-33(29,32-14-23)21-16(5)24-15(4)19(22(26)30-8-3)20(21)17-10-9-11-18(12-17)25(27)28/h9-12,20,24H,6-8,13-14H2,1-5H3. The highest BCUT2D eigenvalue weighted by Crippen LogP contribution is 2.67. The highest BCUT2D eigenvalue weighted by Gasteiger charge is 2.49. The van der Waals surface area contributed by atoms with Gasteiger partial charge < -0.3 is 19.1 Å². The number of non-ortho nitro benzene ring substituents is 1. The average molecular weight is 478 g/mol. The summed E-state index contributed by atoms with van der Waals surface area (Å²) >= 11 is 0. The number of allylic oxidation sites excluding steroid dienone is 3. The number of carbonyl (C=O) groups is 1. The lowest BCUT2D eigenvalue weighted by atomic mass is 9.84. The molecular weight excluding hydrogens is 447 g/mol. The number of esters is 1. The van der Waals surface area contributed by atoms with E-state index in [-0.39, 0.29) is 41.8 Å². The van der Waals surface area contributed by atoms with Gasteiger partial charge in [-0.15, -0.1) is 0 Å². The predicted octanol–water partition coefficient (Wildman–Crippen LogP) is 5.40. The van der Waals surface area contributed by atoms with Gasteiger partial charge in [-0.05, 0) is 39.2 Å². The van der Waals surface area contributed by atoms with Crippen LogP contribution in [0.25, 0.3) is 0 Å². The van der Waals surface area contributed by atoms with Gasteiger partial charge in [-0.2, -0.15) is 0 Å². The molecule has 33 heavy (non-hydrogen) atoms. The van der Waals surface area contributed by atoms with Crippen LogP contribution in [-0.4, -0.2) is 30.7 Å². The number of nitro benzene ring substituents is 1. The van der Waals surface area contributed by atoms with E-state index < -0.39 is 24.4 Å². The minimum Gasteiger partial charge on any atom is -0.463 e. The zero-order chi connectivity index (χ0) is 24.4. The smallest absolute Gasteiger partial charge is 0.360 e. The number of nitrogens with one attached hydrogen (secondary N) is 1. The average Bonchev–Trinajstić information content (AvgIpc) is 2.79. The Morgan fingerprint density at radius 3 is 2.39 bits per heavy atom. The number of ether oxygens (including phenoxy) is 1. The van der Waals surface area contributed by atoms with E-state index in [9.17, 15) is 19.5 Å². The van der Waals surface area contributed by atoms with Crippen molar-refractivity contribution in [2.24, 2.45) is 5.41 Å². The molecular formula is C23H31N2O7P. The molecule has 1 N–H and O–H groups in total. The van der Waals surface area contributed by atoms with Crippen molar-refractivity contribution in [3.8, 4) is 0 Å². The van der Waals surface area contributed by atoms with Crippen molar-refractivity contribution in [2.75, 3.05) is 19.8 Å². The monoisotopic (exact) mass is 478 g/mol. The van der Waals surface area contributed by atoms with Crippen LogP contribution in [0.5, 0.6) is 0 Å². The van der Waals surface area contributed by atoms with Crippen molar-refractivity contribution in [2.45, 2.75) is 53.4 Å². The number of hydrogen-bond donors (Lipinski definition) is 1. The van der Waals surface area contributed by atoms with E-state index in [0.29, 0.717) is 17.0 Å². The van der Waals surface area contributed by atoms with Crippen LogP contribution in [0, 0.1) is 15.5 Å². The molecule has 0 saturated carbocycles. The van der Waals surface area contributed by atoms with E-state index in [4.69, 9.17) is 13.8 Å². The van der Waals surface area contributed by atoms with Crippen molar-refractivity contribution < 1.29 is 28.1 Å². The molecule has 0 bridgehead atoms. The summed E-state index contributed by atoms with van der Waals surface area (Å²) in [6.45, 7) is 9.88. The van der Waals surface area contributed by atoms with Gasteiger partial charge >= 0.3 is 13.6 Å². The van der Waals surface area contributed by atoms with E-state index in [0.717, 1.165) is 12.8 Å². The Hall–Kier alpha value is -2.48. The first kappa shape index (κ1) is 25.1. The van der Waals surface area contributed by atoms with Crippen molar-refractivity contribution in [1.29, 1.82) is 0 Å². The molecule has 1 aromatic carbocycles. The minimum atomic E-state index is -3.83. The first-order valence-corrected chi connectivity index (χ1v) is 12.6. The number of dihydropyridines is 1. The van der Waals surface area contributed by atoms with Crippen molar-refractivity contribution >= 4 is 19.3 Å². The van der Waals surface area contributed by atoms with Crippen LogP contribution in [0.2, 0.25) is 0 Å². The molecule has 2 aliphatic rings. The molecule has 0 aliphatic carbocycles. The summed E-state index contributed by atoms with van der Waals surface area (Å²) in [4.78, 5) is 23.9. The molecule has 9 nitrogen and oxygen atoms in total. The van der Waals surface area contributed by atoms with E-state index in [1.807, 2.05) is 13.8 Å². The van der Waals surface area contributed by atoms with Crippen LogP contribution in [0.3, 0.4) is 0 Å². The Kier molecular flexibility index (Phi) is 7.46. The third kappa shape index (κ3) is 4.76. The molecule has 0 radical (unpaired) electrons. The topological polar surface area (TPSA) is 117 Å². The Morgan fingerprint density at radius 1 is 1.21 bits per heavy atom. The molecule has 180 valence electrons. The fourth-order valence-corrected chi connectivity index (χ4v) is 6.59. The van der Waals surface area contributed by atoms with Gasteiger partial charge in [-0.3, -0.25) is 14.7 Å². The maximum atomic E-state index is 14.1. The van der Waals surface area contributed by atoms with Crippen LogP contribution in [0.15, 0.2) is 46.5 Å². The summed E-state index contributed by atoms with van der Waals surface area (Å²) in [5.74, 6) is -1.48. The highest BCUT2D eigenvalue weighted by atomic mass is 31.2. The second-order valence-electron chi connectivity index (χ2n) is 8.43. The van der Waals surface area contributed by atoms with Gasteiger partial charge in [0.15, 0.2) is 0 Å². The minimum absolute atomic E-state index is 0.136. The quantitative estimate of drug-likeness (QED) is 0.240. The molecule has 3 rings (SSSR count). The number of nitro groups is 1. The summed E-state index contributed by atoms with van der Waals surface area (Å²) in [7, 11) is -3.83. The van der Waals surface area contributed by atoms with Gasteiger partial charge in [-0.1, -0.05) is 26.0 Å². The third-order valence-corrected chi connectivity index (χ3v) is 8.63. The Morgan fingerprint density at radius 2 is 1.85 bits per heavy atom. The molecule has 1 atom stereocenters. The lowest BCUT2D eigenvalue weighted by Crippen LogP contribution is -2.36. The van der Waals surface area contributed by atoms with Gasteiger partial charge in [0, 0.05) is 28.9 Å². The van der Waals surface area contributed by atoms with Gasteiger partial charge in [0.1, 0.15) is 0 Å². The molecule has 2 aliphatic heterocycles. The lowest BCUT2D eigenvalue weighted by Gasteiger charge is -2.41. The number of nitrogens with zero attached hydrogens (tertiary/aromatic N) is 1. The van der Waals surface area contributed by atoms with Crippen LogP contribution < -0.4 is 5.32 Å². The second kappa shape index (κ2) is 9.79. The van der Waals surface area contributed by atoms with E-state index in [1.165, 1.54) is 18.2 Å². The summed E-state index contributed by atoms with van der Waals surface area (Å²) in [6, 6.07) is 5.96. The van der Waals surface area contributed by atoms with E-state index in [1.54, 1.807) is 26.8 Å². The molecule has 1 unspecified atom stereocenters. The highest BCUT2D eigenvalue weighted by molar-refractivity contribution is 7.58. The maximum absolute atomic E-state index is 14.1. The molecule has 0 spiro atoms. The normalized spacial score (nSPS) is 22.0. The SMILES string of the molecule is CCOC(=O)C1=C(C)NC(C)=C(P2(=O)OCC(CC)(CC)CO2)C1c1cccc([N+](=O)[O-])c1. The Balaban J connectivity index is 2.16. The lowest BCUT2D eigenvalue weighted by molar-refractivity contribution is -0.384. The summed E-state index contributed by atoms with van der Waals surface area (Å²) in [5, 5.41) is 14.8. The van der Waals surface area contributed by atoms with Crippen molar-refractivity contribution in [3.63, 3.8) is 0 Å². The number of rotatable bonds is 7. The number of hydrogen-bond acceptors (Lipinski definition) is 8. The van der Waals surface area contributed by atoms with E-state index >= 15 is 0 Å². The summed E-state index contributed by atoms with van der Waals surface area (Å²) < 4.78 is 31.3.